The second-order valence-electron chi connectivity index (χ2n) is 6.63. The molecule has 0 spiro atoms. The highest BCUT2D eigenvalue weighted by molar-refractivity contribution is 5.44. The lowest BCUT2D eigenvalue weighted by atomic mass is 9.76. The maximum absolute atomic E-state index is 10.9. The largest absolute Gasteiger partial charge is 0.496 e. The number of ether oxygens (including phenoxy) is 1. The summed E-state index contributed by atoms with van der Waals surface area (Å²) in [7, 11) is 1.68. The summed E-state index contributed by atoms with van der Waals surface area (Å²) >= 11 is 0. The van der Waals surface area contributed by atoms with Crippen LogP contribution in [0.15, 0.2) is 12.1 Å². The predicted octanol–water partition coefficient (Wildman–Crippen LogP) is 4.17. The maximum Gasteiger partial charge on any atom is 0.125 e. The lowest BCUT2D eigenvalue weighted by Crippen LogP contribution is -2.25. The van der Waals surface area contributed by atoms with E-state index in [0.717, 1.165) is 23.3 Å². The van der Waals surface area contributed by atoms with Crippen LogP contribution in [0.4, 0.5) is 0 Å². The zero-order valence-corrected chi connectivity index (χ0v) is 12.8. The van der Waals surface area contributed by atoms with Crippen LogP contribution in [0.2, 0.25) is 0 Å². The van der Waals surface area contributed by atoms with E-state index in [1.54, 1.807) is 7.11 Å². The molecule has 1 aromatic rings. The molecule has 106 valence electrons. The van der Waals surface area contributed by atoms with Crippen LogP contribution in [-0.2, 0) is 0 Å². The van der Waals surface area contributed by atoms with Crippen LogP contribution in [0.5, 0.6) is 5.75 Å². The first-order valence-corrected chi connectivity index (χ1v) is 7.20. The first-order chi connectivity index (χ1) is 8.86. The van der Waals surface area contributed by atoms with Crippen molar-refractivity contribution in [2.45, 2.75) is 53.1 Å². The van der Waals surface area contributed by atoms with E-state index < -0.39 is 6.10 Å². The summed E-state index contributed by atoms with van der Waals surface area (Å²) in [6, 6.07) is 4.15. The van der Waals surface area contributed by atoms with Gasteiger partial charge in [0.25, 0.3) is 0 Å². The van der Waals surface area contributed by atoms with Crippen LogP contribution < -0.4 is 4.74 Å². The average molecular weight is 262 g/mol. The Balaban J connectivity index is 2.41. The number of hydrogen-bond acceptors (Lipinski definition) is 2. The van der Waals surface area contributed by atoms with E-state index in [1.165, 1.54) is 18.4 Å². The van der Waals surface area contributed by atoms with Gasteiger partial charge in [-0.3, -0.25) is 0 Å². The molecule has 0 aliphatic heterocycles. The van der Waals surface area contributed by atoms with Crippen molar-refractivity contribution in [3.8, 4) is 5.75 Å². The van der Waals surface area contributed by atoms with Gasteiger partial charge in [0, 0.05) is 5.56 Å². The second kappa shape index (κ2) is 5.16. The van der Waals surface area contributed by atoms with Crippen molar-refractivity contribution in [2.75, 3.05) is 7.11 Å². The molecule has 0 bridgehead atoms. The Labute approximate surface area is 116 Å². The lowest BCUT2D eigenvalue weighted by Gasteiger charge is -2.32. The molecule has 1 aliphatic rings. The van der Waals surface area contributed by atoms with Gasteiger partial charge in [0.1, 0.15) is 5.75 Å². The molecule has 0 saturated heterocycles. The number of rotatable bonds is 3. The number of aliphatic hydroxyl groups excluding tert-OH is 1. The molecule has 2 atom stereocenters. The quantitative estimate of drug-likeness (QED) is 0.885. The van der Waals surface area contributed by atoms with Crippen LogP contribution in [-0.4, -0.2) is 12.2 Å². The van der Waals surface area contributed by atoms with E-state index >= 15 is 0 Å². The molecule has 1 aromatic carbocycles. The van der Waals surface area contributed by atoms with Gasteiger partial charge in [-0.05, 0) is 55.2 Å². The Hall–Kier alpha value is -1.02. The predicted molar refractivity (Wildman–Crippen MR) is 78.5 cm³/mol. The first kappa shape index (κ1) is 14.4. The smallest absolute Gasteiger partial charge is 0.125 e. The molecular weight excluding hydrogens is 236 g/mol. The van der Waals surface area contributed by atoms with Crippen molar-refractivity contribution in [1.82, 2.24) is 0 Å². The molecule has 2 heteroatoms. The summed E-state index contributed by atoms with van der Waals surface area (Å²) in [6.07, 6.45) is 3.09. The SMILES string of the molecule is COc1cc(C)cc(C)c1C(O)C1CCCC1(C)C. The van der Waals surface area contributed by atoms with Gasteiger partial charge in [0.05, 0.1) is 13.2 Å². The highest BCUT2D eigenvalue weighted by Gasteiger charge is 2.40. The van der Waals surface area contributed by atoms with E-state index in [4.69, 9.17) is 4.74 Å². The highest BCUT2D eigenvalue weighted by atomic mass is 16.5. The van der Waals surface area contributed by atoms with Crippen LogP contribution in [0.1, 0.15) is 55.9 Å². The van der Waals surface area contributed by atoms with E-state index in [2.05, 4.69) is 33.8 Å². The third kappa shape index (κ3) is 2.64. The fraction of sp³-hybridized carbons (Fsp3) is 0.647. The summed E-state index contributed by atoms with van der Waals surface area (Å²) in [4.78, 5) is 0. The molecule has 19 heavy (non-hydrogen) atoms. The van der Waals surface area contributed by atoms with Crippen LogP contribution in [0.3, 0.4) is 0 Å². The topological polar surface area (TPSA) is 29.5 Å². The summed E-state index contributed by atoms with van der Waals surface area (Å²) in [5.41, 5.74) is 3.50. The van der Waals surface area contributed by atoms with E-state index in [9.17, 15) is 5.11 Å². The average Bonchev–Trinajstić information content (AvgIpc) is 2.67. The van der Waals surface area contributed by atoms with Crippen molar-refractivity contribution in [2.24, 2.45) is 11.3 Å². The third-order valence-corrected chi connectivity index (χ3v) is 4.73. The molecule has 1 N–H and O–H groups in total. The Morgan fingerprint density at radius 3 is 2.53 bits per heavy atom. The van der Waals surface area contributed by atoms with Gasteiger partial charge in [0.15, 0.2) is 0 Å². The summed E-state index contributed by atoms with van der Waals surface area (Å²) in [6.45, 7) is 8.66. The molecule has 1 aliphatic carbocycles. The molecule has 0 radical (unpaired) electrons. The zero-order valence-electron chi connectivity index (χ0n) is 12.8. The van der Waals surface area contributed by atoms with E-state index in [0.29, 0.717) is 5.92 Å². The summed E-state index contributed by atoms with van der Waals surface area (Å²) < 4.78 is 5.50. The molecule has 2 rings (SSSR count). The van der Waals surface area contributed by atoms with Crippen molar-refractivity contribution in [3.05, 3.63) is 28.8 Å². The van der Waals surface area contributed by atoms with E-state index in [1.807, 2.05) is 6.07 Å². The van der Waals surface area contributed by atoms with Gasteiger partial charge >= 0.3 is 0 Å². The normalized spacial score (nSPS) is 23.4. The number of hydrogen-bond donors (Lipinski definition) is 1. The molecule has 1 fully saturated rings. The minimum absolute atomic E-state index is 0.210. The second-order valence-corrected chi connectivity index (χ2v) is 6.63. The van der Waals surface area contributed by atoms with Crippen molar-refractivity contribution in [3.63, 3.8) is 0 Å². The van der Waals surface area contributed by atoms with Crippen molar-refractivity contribution >= 4 is 0 Å². The van der Waals surface area contributed by atoms with Gasteiger partial charge < -0.3 is 9.84 Å². The molecule has 0 aromatic heterocycles. The number of methoxy groups -OCH3 is 1. The van der Waals surface area contributed by atoms with Crippen molar-refractivity contribution in [1.29, 1.82) is 0 Å². The minimum Gasteiger partial charge on any atom is -0.496 e. The third-order valence-electron chi connectivity index (χ3n) is 4.73. The molecule has 0 heterocycles. The van der Waals surface area contributed by atoms with Gasteiger partial charge in [-0.25, -0.2) is 0 Å². The highest BCUT2D eigenvalue weighted by Crippen LogP contribution is 2.50. The summed E-state index contributed by atoms with van der Waals surface area (Å²) in [5, 5.41) is 10.9. The minimum atomic E-state index is -0.423. The van der Waals surface area contributed by atoms with Gasteiger partial charge in [-0.1, -0.05) is 26.3 Å². The Morgan fingerprint density at radius 2 is 2.00 bits per heavy atom. The Morgan fingerprint density at radius 1 is 1.32 bits per heavy atom. The van der Waals surface area contributed by atoms with Gasteiger partial charge in [-0.2, -0.15) is 0 Å². The van der Waals surface area contributed by atoms with Crippen molar-refractivity contribution < 1.29 is 9.84 Å². The molecule has 2 nitrogen and oxygen atoms in total. The lowest BCUT2D eigenvalue weighted by molar-refractivity contribution is 0.0508. The van der Waals surface area contributed by atoms with Crippen LogP contribution >= 0.6 is 0 Å². The standard InChI is InChI=1S/C17H26O2/c1-11-9-12(2)15(14(10-11)19-5)16(18)13-7-6-8-17(13,3)4/h9-10,13,16,18H,6-8H2,1-5H3. The number of aryl methyl sites for hydroxylation is 2. The molecular formula is C17H26O2. The zero-order chi connectivity index (χ0) is 14.2. The Bertz CT molecular complexity index is 463. The molecule has 0 amide bonds. The van der Waals surface area contributed by atoms with Gasteiger partial charge in [-0.15, -0.1) is 0 Å². The molecule has 1 saturated carbocycles. The number of aliphatic hydroxyl groups is 1. The number of benzene rings is 1. The van der Waals surface area contributed by atoms with Gasteiger partial charge in [0.2, 0.25) is 0 Å². The first-order valence-electron chi connectivity index (χ1n) is 7.20. The summed E-state index contributed by atoms with van der Waals surface area (Å²) in [5.74, 6) is 1.15. The molecule has 2 unspecified atom stereocenters. The Kier molecular flexibility index (Phi) is 3.91. The fourth-order valence-corrected chi connectivity index (χ4v) is 3.63. The monoisotopic (exact) mass is 262 g/mol. The van der Waals surface area contributed by atoms with E-state index in [-0.39, 0.29) is 5.41 Å². The maximum atomic E-state index is 10.9. The van der Waals surface area contributed by atoms with Crippen LogP contribution in [0.25, 0.3) is 0 Å². The fourth-order valence-electron chi connectivity index (χ4n) is 3.63. The van der Waals surface area contributed by atoms with Crippen LogP contribution in [0, 0.1) is 25.2 Å².